The zero-order valence-corrected chi connectivity index (χ0v) is 19.2. The molecule has 1 N–H and O–H groups in total. The quantitative estimate of drug-likeness (QED) is 0.689. The number of nitrogens with zero attached hydrogens (tertiary/aromatic N) is 2. The first-order valence-corrected chi connectivity index (χ1v) is 10.4. The SMILES string of the molecule is COc1cc(Br)c(CN(C)CC(=O)N2c3ccccc3NC(=O)CC2C)cc1OC. The largest absolute Gasteiger partial charge is 0.493 e. The molecule has 1 unspecified atom stereocenters. The van der Waals surface area contributed by atoms with Crippen molar-refractivity contribution in [2.75, 3.05) is 38.0 Å². The van der Waals surface area contributed by atoms with Gasteiger partial charge < -0.3 is 19.7 Å². The molecule has 3 rings (SSSR count). The van der Waals surface area contributed by atoms with Crippen LogP contribution in [0.2, 0.25) is 0 Å². The van der Waals surface area contributed by atoms with Crippen LogP contribution in [-0.4, -0.2) is 50.6 Å². The first-order chi connectivity index (χ1) is 14.3. The Labute approximate surface area is 185 Å². The molecule has 0 fully saturated rings. The molecular formula is C22H26BrN3O4. The lowest BCUT2D eigenvalue weighted by Crippen LogP contribution is -2.44. The molecule has 0 bridgehead atoms. The van der Waals surface area contributed by atoms with Crippen molar-refractivity contribution in [3.8, 4) is 11.5 Å². The minimum Gasteiger partial charge on any atom is -0.493 e. The Kier molecular flexibility index (Phi) is 6.99. The van der Waals surface area contributed by atoms with Gasteiger partial charge >= 0.3 is 0 Å². The summed E-state index contributed by atoms with van der Waals surface area (Å²) >= 11 is 3.57. The number of fused-ring (bicyclic) bond motifs is 1. The van der Waals surface area contributed by atoms with Crippen molar-refractivity contribution in [2.24, 2.45) is 0 Å². The summed E-state index contributed by atoms with van der Waals surface area (Å²) in [5.74, 6) is 1.12. The Morgan fingerprint density at radius 1 is 1.23 bits per heavy atom. The van der Waals surface area contributed by atoms with Gasteiger partial charge in [-0.25, -0.2) is 0 Å². The number of likely N-dealkylation sites (N-methyl/N-ethyl adjacent to an activating group) is 1. The number of hydrogen-bond acceptors (Lipinski definition) is 5. The van der Waals surface area contributed by atoms with E-state index in [0.29, 0.717) is 23.7 Å². The monoisotopic (exact) mass is 475 g/mol. The molecule has 2 amide bonds. The molecular weight excluding hydrogens is 450 g/mol. The first-order valence-electron chi connectivity index (χ1n) is 9.64. The van der Waals surface area contributed by atoms with Crippen LogP contribution in [0, 0.1) is 0 Å². The highest BCUT2D eigenvalue weighted by Gasteiger charge is 2.30. The fourth-order valence-electron chi connectivity index (χ4n) is 3.64. The van der Waals surface area contributed by atoms with Gasteiger partial charge in [-0.15, -0.1) is 0 Å². The van der Waals surface area contributed by atoms with Crippen molar-refractivity contribution in [3.63, 3.8) is 0 Å². The number of carbonyl (C=O) groups excluding carboxylic acids is 2. The molecule has 160 valence electrons. The van der Waals surface area contributed by atoms with E-state index in [1.54, 1.807) is 19.1 Å². The second kappa shape index (κ2) is 9.49. The number of benzene rings is 2. The number of carbonyl (C=O) groups is 2. The van der Waals surface area contributed by atoms with Crippen LogP contribution in [0.25, 0.3) is 0 Å². The highest BCUT2D eigenvalue weighted by Crippen LogP contribution is 2.34. The number of anilines is 2. The van der Waals surface area contributed by atoms with Gasteiger partial charge in [-0.1, -0.05) is 28.1 Å². The zero-order chi connectivity index (χ0) is 21.8. The summed E-state index contributed by atoms with van der Waals surface area (Å²) in [7, 11) is 5.07. The van der Waals surface area contributed by atoms with E-state index in [1.807, 2.05) is 55.3 Å². The Hall–Kier alpha value is -2.58. The number of hydrogen-bond donors (Lipinski definition) is 1. The van der Waals surface area contributed by atoms with Gasteiger partial charge in [0.2, 0.25) is 11.8 Å². The summed E-state index contributed by atoms with van der Waals surface area (Å²) in [5, 5.41) is 2.88. The van der Waals surface area contributed by atoms with Gasteiger partial charge in [0.25, 0.3) is 0 Å². The predicted octanol–water partition coefficient (Wildman–Crippen LogP) is 3.66. The van der Waals surface area contributed by atoms with Crippen LogP contribution < -0.4 is 19.7 Å². The molecule has 1 aliphatic heterocycles. The fourth-order valence-corrected chi connectivity index (χ4v) is 4.09. The normalized spacial score (nSPS) is 16.0. The topological polar surface area (TPSA) is 71.1 Å². The van der Waals surface area contributed by atoms with Gasteiger partial charge in [0.1, 0.15) is 0 Å². The van der Waals surface area contributed by atoms with Gasteiger partial charge in [-0.3, -0.25) is 14.5 Å². The van der Waals surface area contributed by atoms with Crippen molar-refractivity contribution in [1.82, 2.24) is 4.90 Å². The van der Waals surface area contributed by atoms with E-state index in [4.69, 9.17) is 9.47 Å². The fraction of sp³-hybridized carbons (Fsp3) is 0.364. The summed E-state index contributed by atoms with van der Waals surface area (Å²) in [6.45, 7) is 2.63. The maximum atomic E-state index is 13.2. The minimum atomic E-state index is -0.234. The molecule has 2 aromatic rings. The molecule has 30 heavy (non-hydrogen) atoms. The lowest BCUT2D eigenvalue weighted by Gasteiger charge is -2.30. The Morgan fingerprint density at radius 2 is 1.90 bits per heavy atom. The number of ether oxygens (including phenoxy) is 2. The van der Waals surface area contributed by atoms with Gasteiger partial charge in [0, 0.05) is 23.5 Å². The Bertz CT molecular complexity index is 950. The average Bonchev–Trinajstić information content (AvgIpc) is 2.83. The minimum absolute atomic E-state index is 0.0643. The molecule has 0 saturated carbocycles. The van der Waals surface area contributed by atoms with E-state index in [2.05, 4.69) is 21.2 Å². The summed E-state index contributed by atoms with van der Waals surface area (Å²) in [6, 6.07) is 10.9. The van der Waals surface area contributed by atoms with Crippen LogP contribution >= 0.6 is 15.9 Å². The van der Waals surface area contributed by atoms with Crippen LogP contribution in [-0.2, 0) is 16.1 Å². The maximum absolute atomic E-state index is 13.2. The molecule has 0 aromatic heterocycles. The molecule has 1 atom stereocenters. The highest BCUT2D eigenvalue weighted by atomic mass is 79.9. The number of para-hydroxylation sites is 2. The molecule has 0 radical (unpaired) electrons. The molecule has 1 heterocycles. The number of halogens is 1. The van der Waals surface area contributed by atoms with E-state index >= 15 is 0 Å². The van der Waals surface area contributed by atoms with Gasteiger partial charge in [-0.2, -0.15) is 0 Å². The maximum Gasteiger partial charge on any atom is 0.241 e. The highest BCUT2D eigenvalue weighted by molar-refractivity contribution is 9.10. The molecule has 0 saturated heterocycles. The second-order valence-electron chi connectivity index (χ2n) is 7.35. The number of nitrogens with one attached hydrogen (secondary N) is 1. The third kappa shape index (κ3) is 4.76. The van der Waals surface area contributed by atoms with Gasteiger partial charge in [0.05, 0.1) is 32.1 Å². The van der Waals surface area contributed by atoms with Crippen LogP contribution in [0.3, 0.4) is 0 Å². The van der Waals surface area contributed by atoms with Crippen LogP contribution in [0.15, 0.2) is 40.9 Å². The Morgan fingerprint density at radius 3 is 2.60 bits per heavy atom. The van der Waals surface area contributed by atoms with E-state index in [-0.39, 0.29) is 30.8 Å². The van der Waals surface area contributed by atoms with Crippen LogP contribution in [0.5, 0.6) is 11.5 Å². The Balaban J connectivity index is 1.78. The number of rotatable bonds is 6. The van der Waals surface area contributed by atoms with Crippen molar-refractivity contribution < 1.29 is 19.1 Å². The van der Waals surface area contributed by atoms with E-state index < -0.39 is 0 Å². The molecule has 1 aliphatic rings. The summed E-state index contributed by atoms with van der Waals surface area (Å²) in [4.78, 5) is 29.0. The summed E-state index contributed by atoms with van der Waals surface area (Å²) in [5.41, 5.74) is 2.36. The molecule has 0 spiro atoms. The van der Waals surface area contributed by atoms with Crippen LogP contribution in [0.1, 0.15) is 18.9 Å². The predicted molar refractivity (Wildman–Crippen MR) is 120 cm³/mol. The molecule has 7 nitrogen and oxygen atoms in total. The summed E-state index contributed by atoms with van der Waals surface area (Å²) < 4.78 is 11.6. The second-order valence-corrected chi connectivity index (χ2v) is 8.21. The number of amides is 2. The number of methoxy groups -OCH3 is 2. The smallest absolute Gasteiger partial charge is 0.241 e. The van der Waals surface area contributed by atoms with E-state index in [9.17, 15) is 9.59 Å². The van der Waals surface area contributed by atoms with E-state index in [0.717, 1.165) is 15.7 Å². The van der Waals surface area contributed by atoms with Gasteiger partial charge in [-0.05, 0) is 43.8 Å². The summed E-state index contributed by atoms with van der Waals surface area (Å²) in [6.07, 6.45) is 0.255. The molecule has 0 aliphatic carbocycles. The van der Waals surface area contributed by atoms with Crippen molar-refractivity contribution >= 4 is 39.1 Å². The van der Waals surface area contributed by atoms with E-state index in [1.165, 1.54) is 0 Å². The molecule has 2 aromatic carbocycles. The lowest BCUT2D eigenvalue weighted by molar-refractivity contribution is -0.120. The van der Waals surface area contributed by atoms with Crippen LogP contribution in [0.4, 0.5) is 11.4 Å². The zero-order valence-electron chi connectivity index (χ0n) is 17.6. The lowest BCUT2D eigenvalue weighted by atomic mass is 10.1. The third-order valence-electron chi connectivity index (χ3n) is 5.03. The van der Waals surface area contributed by atoms with Gasteiger partial charge in [0.15, 0.2) is 11.5 Å². The first kappa shape index (κ1) is 22.1. The van der Waals surface area contributed by atoms with Crippen molar-refractivity contribution in [3.05, 3.63) is 46.4 Å². The third-order valence-corrected chi connectivity index (χ3v) is 5.76. The van der Waals surface area contributed by atoms with Crippen molar-refractivity contribution in [2.45, 2.75) is 25.9 Å². The average molecular weight is 476 g/mol. The van der Waals surface area contributed by atoms with Crippen molar-refractivity contribution in [1.29, 1.82) is 0 Å². The molecule has 8 heteroatoms. The standard InChI is InChI=1S/C22H26BrN3O4/c1-14-9-21(27)24-17-7-5-6-8-18(17)26(14)22(28)13-25(2)12-15-10-19(29-3)20(30-4)11-16(15)23/h5-8,10-11,14H,9,12-13H2,1-4H3,(H,24,27).